The number of anilines is 2. The summed E-state index contributed by atoms with van der Waals surface area (Å²) >= 11 is 1.55. The average molecular weight is 390 g/mol. The molecule has 0 fully saturated rings. The summed E-state index contributed by atoms with van der Waals surface area (Å²) in [6.07, 6.45) is 3.34. The van der Waals surface area contributed by atoms with Crippen LogP contribution in [-0.2, 0) is 0 Å². The van der Waals surface area contributed by atoms with Gasteiger partial charge in [-0.3, -0.25) is 4.98 Å². The summed E-state index contributed by atoms with van der Waals surface area (Å²) in [6, 6.07) is 12.4. The van der Waals surface area contributed by atoms with Crippen molar-refractivity contribution in [2.75, 3.05) is 10.0 Å². The van der Waals surface area contributed by atoms with Crippen LogP contribution < -0.4 is 10.0 Å². The molecule has 0 atom stereocenters. The quantitative estimate of drug-likeness (QED) is 0.481. The van der Waals surface area contributed by atoms with Crippen molar-refractivity contribution in [1.82, 2.24) is 15.0 Å². The summed E-state index contributed by atoms with van der Waals surface area (Å²) in [5.74, 6) is 7.17. The first-order chi connectivity index (χ1) is 13.5. The summed E-state index contributed by atoms with van der Waals surface area (Å²) in [4.78, 5) is 14.2. The highest BCUT2D eigenvalue weighted by molar-refractivity contribution is 8.00. The summed E-state index contributed by atoms with van der Waals surface area (Å²) in [7, 11) is 0. The maximum Gasteiger partial charge on any atom is 0.145 e. The molecular formula is C22H23N5S. The number of nitrogens with one attached hydrogen (secondary N) is 2. The van der Waals surface area contributed by atoms with Crippen molar-refractivity contribution < 1.29 is 0 Å². The van der Waals surface area contributed by atoms with Gasteiger partial charge in [-0.1, -0.05) is 30.0 Å². The molecule has 142 valence electrons. The molecule has 0 saturated heterocycles. The number of benzene rings is 1. The van der Waals surface area contributed by atoms with Crippen LogP contribution in [0.1, 0.15) is 36.4 Å². The Morgan fingerprint density at radius 3 is 2.50 bits per heavy atom. The molecule has 0 radical (unpaired) electrons. The molecule has 0 amide bonds. The van der Waals surface area contributed by atoms with Gasteiger partial charge in [0.2, 0.25) is 0 Å². The second kappa shape index (κ2) is 9.25. The van der Waals surface area contributed by atoms with Gasteiger partial charge in [0.15, 0.2) is 0 Å². The molecule has 3 rings (SSSR count). The van der Waals surface area contributed by atoms with E-state index in [0.717, 1.165) is 38.9 Å². The fraction of sp³-hybridized carbons (Fsp3) is 0.227. The van der Waals surface area contributed by atoms with Crippen molar-refractivity contribution in [3.05, 3.63) is 71.4 Å². The molecule has 0 aliphatic rings. The Labute approximate surface area is 170 Å². The number of aromatic nitrogens is 3. The molecule has 5 nitrogen and oxygen atoms in total. The number of hydrogen-bond acceptors (Lipinski definition) is 6. The van der Waals surface area contributed by atoms with E-state index in [1.54, 1.807) is 24.5 Å². The zero-order valence-corrected chi connectivity index (χ0v) is 17.3. The van der Waals surface area contributed by atoms with Gasteiger partial charge in [-0.2, -0.15) is 0 Å². The van der Waals surface area contributed by atoms with Gasteiger partial charge in [-0.15, -0.1) is 0 Å². The predicted octanol–water partition coefficient (Wildman–Crippen LogP) is 4.83. The molecule has 0 unspecified atom stereocenters. The molecule has 0 spiro atoms. The Kier molecular flexibility index (Phi) is 6.51. The van der Waals surface area contributed by atoms with Crippen LogP contribution >= 0.6 is 11.9 Å². The van der Waals surface area contributed by atoms with Crippen molar-refractivity contribution in [2.24, 2.45) is 0 Å². The second-order valence-electron chi connectivity index (χ2n) is 6.61. The molecule has 28 heavy (non-hydrogen) atoms. The lowest BCUT2D eigenvalue weighted by molar-refractivity contribution is 0.882. The van der Waals surface area contributed by atoms with Crippen LogP contribution in [0.5, 0.6) is 0 Å². The molecule has 1 aromatic carbocycles. The lowest BCUT2D eigenvalue weighted by atomic mass is 10.2. The Bertz CT molecular complexity index is 1010. The third-order valence-corrected chi connectivity index (χ3v) is 4.73. The highest BCUT2D eigenvalue weighted by atomic mass is 32.2. The van der Waals surface area contributed by atoms with Crippen molar-refractivity contribution in [3.63, 3.8) is 0 Å². The minimum Gasteiger partial charge on any atom is -0.367 e. The van der Waals surface area contributed by atoms with Crippen molar-refractivity contribution in [2.45, 2.75) is 38.6 Å². The molecule has 2 N–H and O–H groups in total. The first-order valence-corrected chi connectivity index (χ1v) is 9.89. The van der Waals surface area contributed by atoms with Crippen LogP contribution in [0.25, 0.3) is 0 Å². The Hall–Kier alpha value is -3.04. The molecule has 0 bridgehead atoms. The van der Waals surface area contributed by atoms with Crippen molar-refractivity contribution in [1.29, 1.82) is 0 Å². The van der Waals surface area contributed by atoms with Gasteiger partial charge in [-0.05, 0) is 57.8 Å². The van der Waals surface area contributed by atoms with E-state index in [1.165, 1.54) is 0 Å². The zero-order chi connectivity index (χ0) is 19.9. The van der Waals surface area contributed by atoms with Crippen molar-refractivity contribution in [3.8, 4) is 11.8 Å². The fourth-order valence-corrected chi connectivity index (χ4v) is 3.18. The number of rotatable bonds is 5. The Morgan fingerprint density at radius 1 is 0.964 bits per heavy atom. The molecule has 0 aliphatic carbocycles. The van der Waals surface area contributed by atoms with Crippen LogP contribution in [0.4, 0.5) is 11.5 Å². The van der Waals surface area contributed by atoms with E-state index in [0.29, 0.717) is 0 Å². The van der Waals surface area contributed by atoms with Gasteiger partial charge >= 0.3 is 0 Å². The average Bonchev–Trinajstić information content (AvgIpc) is 2.68. The third-order valence-electron chi connectivity index (χ3n) is 3.90. The van der Waals surface area contributed by atoms with Crippen LogP contribution in [0.2, 0.25) is 0 Å². The highest BCUT2D eigenvalue weighted by Crippen LogP contribution is 2.23. The van der Waals surface area contributed by atoms with Gasteiger partial charge in [0.25, 0.3) is 0 Å². The SMILES string of the molecule is Cc1ncc(C#Cc2c(C)ncnc2NC(C)C)cc1NSc1ccccc1. The smallest absolute Gasteiger partial charge is 0.145 e. The monoisotopic (exact) mass is 389 g/mol. The van der Waals surface area contributed by atoms with E-state index in [4.69, 9.17) is 0 Å². The van der Waals surface area contributed by atoms with E-state index in [-0.39, 0.29) is 6.04 Å². The summed E-state index contributed by atoms with van der Waals surface area (Å²) in [5.41, 5.74) is 4.37. The van der Waals surface area contributed by atoms with Crippen LogP contribution in [0.3, 0.4) is 0 Å². The molecular weight excluding hydrogens is 366 g/mol. The first-order valence-electron chi connectivity index (χ1n) is 9.07. The third kappa shape index (κ3) is 5.24. The summed E-state index contributed by atoms with van der Waals surface area (Å²) in [6.45, 7) is 8.06. The minimum atomic E-state index is 0.265. The normalized spacial score (nSPS) is 10.3. The molecule has 0 aliphatic heterocycles. The lowest BCUT2D eigenvalue weighted by Crippen LogP contribution is -2.13. The zero-order valence-electron chi connectivity index (χ0n) is 16.4. The van der Waals surface area contributed by atoms with Crippen molar-refractivity contribution >= 4 is 23.5 Å². The topological polar surface area (TPSA) is 62.7 Å². The summed E-state index contributed by atoms with van der Waals surface area (Å²) in [5, 5.41) is 3.32. The van der Waals surface area contributed by atoms with Crippen LogP contribution in [0.15, 0.2) is 53.8 Å². The largest absolute Gasteiger partial charge is 0.367 e. The Morgan fingerprint density at radius 2 is 1.75 bits per heavy atom. The van der Waals surface area contributed by atoms with Gasteiger partial charge in [0, 0.05) is 22.7 Å². The fourth-order valence-electron chi connectivity index (χ4n) is 2.45. The van der Waals surface area contributed by atoms with E-state index < -0.39 is 0 Å². The highest BCUT2D eigenvalue weighted by Gasteiger charge is 2.07. The van der Waals surface area contributed by atoms with E-state index in [9.17, 15) is 0 Å². The molecule has 6 heteroatoms. The van der Waals surface area contributed by atoms with E-state index >= 15 is 0 Å². The van der Waals surface area contributed by atoms with E-state index in [1.807, 2.05) is 38.1 Å². The van der Waals surface area contributed by atoms with E-state index in [2.05, 4.69) is 62.8 Å². The number of hydrogen-bond donors (Lipinski definition) is 2. The Balaban J connectivity index is 1.83. The lowest BCUT2D eigenvalue weighted by Gasteiger charge is -2.11. The van der Waals surface area contributed by atoms with Gasteiger partial charge in [0.05, 0.1) is 22.6 Å². The molecule has 2 aromatic heterocycles. The number of pyridine rings is 1. The molecule has 3 aromatic rings. The van der Waals surface area contributed by atoms with Gasteiger partial charge in [0.1, 0.15) is 12.1 Å². The summed E-state index contributed by atoms with van der Waals surface area (Å²) < 4.78 is 3.37. The molecule has 0 saturated carbocycles. The predicted molar refractivity (Wildman–Crippen MR) is 116 cm³/mol. The number of nitrogens with zero attached hydrogens (tertiary/aromatic N) is 3. The standard InChI is InChI=1S/C22H23N5S/c1-15(2)26-22-20(16(3)24-14-25-22)11-10-18-12-21(17(4)23-13-18)27-28-19-8-6-5-7-9-19/h5-9,12-15,27H,1-4H3,(H,24,25,26). The first kappa shape index (κ1) is 19.7. The van der Waals surface area contributed by atoms with Gasteiger partial charge in [-0.25, -0.2) is 9.97 Å². The minimum absolute atomic E-state index is 0.265. The number of aryl methyl sites for hydroxylation is 2. The maximum atomic E-state index is 4.47. The maximum absolute atomic E-state index is 4.47. The van der Waals surface area contributed by atoms with Crippen LogP contribution in [-0.4, -0.2) is 21.0 Å². The molecule has 2 heterocycles. The van der Waals surface area contributed by atoms with Crippen LogP contribution in [0, 0.1) is 25.7 Å². The van der Waals surface area contributed by atoms with Gasteiger partial charge < -0.3 is 10.0 Å². The second-order valence-corrected chi connectivity index (χ2v) is 7.49.